The number of nitrogens with zero attached hydrogens (tertiary/aromatic N) is 3. The molecule has 0 saturated carbocycles. The summed E-state index contributed by atoms with van der Waals surface area (Å²) in [4.78, 5) is 10.4. The minimum atomic E-state index is -2.58. The van der Waals surface area contributed by atoms with Crippen molar-refractivity contribution < 1.29 is 14.7 Å². The Balaban J connectivity index is 1.31. The van der Waals surface area contributed by atoms with Crippen molar-refractivity contribution in [2.75, 3.05) is 0 Å². The highest BCUT2D eigenvalue weighted by Crippen LogP contribution is 2.44. The normalized spacial score (nSPS) is 13.9. The molecule has 0 radical (unpaired) electrons. The summed E-state index contributed by atoms with van der Waals surface area (Å²) in [6.45, 7) is 11.5. The standard InChI is InChI=1S/C62H61N3O/c1-37(2)47-28-48(38(3)4)30-51(29-47)45-23-24-58(42(10)27-45)65-59-18-14-17-54(60(59)64-62(65)56-35-49(39(5)6)34-55(40(7)8)61(56)66)52-31-50(43-15-12-11-13-16-43)32-53(33-52)57-36-46(25-26-63-57)44-21-19-41(9)20-22-44/h11-40,66H,1-10H3/i9D3,10D3,37D. The lowest BCUT2D eigenvalue weighted by atomic mass is 9.90. The number of hydrogen-bond donors (Lipinski definition) is 1. The van der Waals surface area contributed by atoms with Gasteiger partial charge in [0.05, 0.1) is 28.0 Å². The van der Waals surface area contributed by atoms with Gasteiger partial charge in [-0.2, -0.15) is 0 Å². The Hall–Kier alpha value is -7.04. The summed E-state index contributed by atoms with van der Waals surface area (Å²) in [5, 5.41) is 12.4. The van der Waals surface area contributed by atoms with Crippen LogP contribution in [0.25, 0.3) is 83.9 Å². The van der Waals surface area contributed by atoms with Crippen LogP contribution < -0.4 is 0 Å². The molecular formula is C62H61N3O. The van der Waals surface area contributed by atoms with E-state index < -0.39 is 19.6 Å². The second-order valence-corrected chi connectivity index (χ2v) is 18.7. The smallest absolute Gasteiger partial charge is 0.149 e. The van der Waals surface area contributed by atoms with E-state index in [1.54, 1.807) is 24.4 Å². The highest BCUT2D eigenvalue weighted by atomic mass is 16.3. The maximum Gasteiger partial charge on any atom is 0.149 e. The van der Waals surface area contributed by atoms with Crippen LogP contribution in [0.2, 0.25) is 0 Å². The molecule has 0 aliphatic heterocycles. The Bertz CT molecular complexity index is 3510. The van der Waals surface area contributed by atoms with Crippen LogP contribution in [0.1, 0.15) is 122 Å². The van der Waals surface area contributed by atoms with Crippen LogP contribution in [-0.4, -0.2) is 19.6 Å². The highest BCUT2D eigenvalue weighted by molar-refractivity contribution is 5.98. The molecule has 2 aromatic heterocycles. The number of aromatic hydroxyl groups is 1. The van der Waals surface area contributed by atoms with E-state index in [0.29, 0.717) is 33.8 Å². The molecule has 4 heteroatoms. The fraction of sp³-hybridized carbons (Fsp3) is 0.226. The van der Waals surface area contributed by atoms with Crippen LogP contribution in [0, 0.1) is 13.7 Å². The van der Waals surface area contributed by atoms with E-state index >= 15 is 0 Å². The first-order chi connectivity index (χ1) is 34.5. The largest absolute Gasteiger partial charge is 0.507 e. The summed E-state index contributed by atoms with van der Waals surface area (Å²) in [5.41, 5.74) is 14.7. The molecule has 66 heavy (non-hydrogen) atoms. The number of phenols is 1. The Morgan fingerprint density at radius 1 is 0.515 bits per heavy atom. The van der Waals surface area contributed by atoms with Crippen molar-refractivity contribution in [3.05, 3.63) is 191 Å². The van der Waals surface area contributed by atoms with E-state index in [4.69, 9.17) is 19.6 Å². The molecule has 7 aromatic carbocycles. The maximum atomic E-state index is 12.4. The highest BCUT2D eigenvalue weighted by Gasteiger charge is 2.25. The minimum Gasteiger partial charge on any atom is -0.507 e. The van der Waals surface area contributed by atoms with Gasteiger partial charge in [0.25, 0.3) is 0 Å². The first-order valence-corrected chi connectivity index (χ1v) is 22.9. The van der Waals surface area contributed by atoms with Crippen molar-refractivity contribution in [3.63, 3.8) is 0 Å². The van der Waals surface area contributed by atoms with Gasteiger partial charge in [0.15, 0.2) is 0 Å². The van der Waals surface area contributed by atoms with Gasteiger partial charge in [-0.1, -0.05) is 158 Å². The van der Waals surface area contributed by atoms with Gasteiger partial charge >= 0.3 is 0 Å². The first kappa shape index (κ1) is 36.2. The molecular weight excluding hydrogens is 803 g/mol. The molecule has 0 spiro atoms. The fourth-order valence-corrected chi connectivity index (χ4v) is 8.89. The summed E-state index contributed by atoms with van der Waals surface area (Å²) in [6, 6.07) is 49.0. The van der Waals surface area contributed by atoms with E-state index in [1.807, 2.05) is 103 Å². The van der Waals surface area contributed by atoms with Gasteiger partial charge in [-0.25, -0.2) is 4.98 Å². The molecule has 4 nitrogen and oxygen atoms in total. The molecule has 0 atom stereocenters. The van der Waals surface area contributed by atoms with Crippen LogP contribution in [0.3, 0.4) is 0 Å². The average molecular weight is 871 g/mol. The van der Waals surface area contributed by atoms with Crippen LogP contribution >= 0.6 is 0 Å². The molecule has 330 valence electrons. The van der Waals surface area contributed by atoms with Crippen molar-refractivity contribution in [2.24, 2.45) is 0 Å². The number of imidazole rings is 1. The van der Waals surface area contributed by atoms with Crippen LogP contribution in [0.15, 0.2) is 158 Å². The van der Waals surface area contributed by atoms with Crippen molar-refractivity contribution in [2.45, 2.75) is 92.7 Å². The van der Waals surface area contributed by atoms with E-state index in [-0.39, 0.29) is 34.6 Å². The quantitative estimate of drug-likeness (QED) is 0.141. The molecule has 0 amide bonds. The zero-order chi connectivity index (χ0) is 52.3. The van der Waals surface area contributed by atoms with Gasteiger partial charge in [0.1, 0.15) is 11.6 Å². The van der Waals surface area contributed by atoms with E-state index in [1.165, 1.54) is 0 Å². The summed E-state index contributed by atoms with van der Waals surface area (Å²) >= 11 is 0. The van der Waals surface area contributed by atoms with Crippen molar-refractivity contribution in [1.82, 2.24) is 14.5 Å². The topological polar surface area (TPSA) is 50.9 Å². The van der Waals surface area contributed by atoms with Crippen molar-refractivity contribution in [3.8, 4) is 78.6 Å². The zero-order valence-electron chi connectivity index (χ0n) is 46.0. The molecule has 0 bridgehead atoms. The number of aryl methyl sites for hydroxylation is 2. The molecule has 0 aliphatic rings. The van der Waals surface area contributed by atoms with Crippen molar-refractivity contribution in [1.29, 1.82) is 0 Å². The molecule has 0 aliphatic carbocycles. The van der Waals surface area contributed by atoms with E-state index in [0.717, 1.165) is 72.3 Å². The number of fused-ring (bicyclic) bond motifs is 1. The molecule has 1 N–H and O–H groups in total. The van der Waals surface area contributed by atoms with Crippen LogP contribution in [0.4, 0.5) is 0 Å². The number of aromatic nitrogens is 3. The lowest BCUT2D eigenvalue weighted by molar-refractivity contribution is 0.466. The Morgan fingerprint density at radius 2 is 1.18 bits per heavy atom. The second kappa shape index (κ2) is 18.1. The Morgan fingerprint density at radius 3 is 1.89 bits per heavy atom. The van der Waals surface area contributed by atoms with Crippen LogP contribution in [-0.2, 0) is 0 Å². The van der Waals surface area contributed by atoms with Gasteiger partial charge in [0.2, 0.25) is 0 Å². The first-order valence-electron chi connectivity index (χ1n) is 26.4. The Labute approximate surface area is 401 Å². The summed E-state index contributed by atoms with van der Waals surface area (Å²) in [7, 11) is 0. The fourth-order valence-electron chi connectivity index (χ4n) is 8.89. The number of pyridine rings is 1. The third-order valence-electron chi connectivity index (χ3n) is 12.8. The zero-order valence-corrected chi connectivity index (χ0v) is 39.0. The molecule has 0 fully saturated rings. The van der Waals surface area contributed by atoms with Gasteiger partial charge in [-0.3, -0.25) is 9.55 Å². The third-order valence-corrected chi connectivity index (χ3v) is 12.8. The van der Waals surface area contributed by atoms with Crippen LogP contribution in [0.5, 0.6) is 5.75 Å². The van der Waals surface area contributed by atoms with Gasteiger partial charge < -0.3 is 5.11 Å². The predicted octanol–water partition coefficient (Wildman–Crippen LogP) is 17.2. The molecule has 9 rings (SSSR count). The average Bonchev–Trinajstić information content (AvgIpc) is 3.75. The van der Waals surface area contributed by atoms with Gasteiger partial charge in [-0.15, -0.1) is 0 Å². The minimum absolute atomic E-state index is 0.0249. The number of phenolic OH excluding ortho intramolecular Hbond substituents is 1. The number of rotatable bonds is 11. The second-order valence-electron chi connectivity index (χ2n) is 18.7. The molecule has 2 heterocycles. The lowest BCUT2D eigenvalue weighted by Gasteiger charge is -2.19. The molecule has 0 saturated heterocycles. The summed E-state index contributed by atoms with van der Waals surface area (Å²) in [6.07, 6.45) is 1.76. The van der Waals surface area contributed by atoms with Gasteiger partial charge in [-0.05, 0) is 159 Å². The summed E-state index contributed by atoms with van der Waals surface area (Å²) < 4.78 is 61.8. The number of para-hydroxylation sites is 1. The number of benzene rings is 7. The van der Waals surface area contributed by atoms with E-state index in [2.05, 4.69) is 90.1 Å². The van der Waals surface area contributed by atoms with Gasteiger partial charge in [0, 0.05) is 26.9 Å². The Kier molecular flexibility index (Phi) is 9.92. The maximum absolute atomic E-state index is 12.4. The molecule has 9 aromatic rings. The predicted molar refractivity (Wildman–Crippen MR) is 279 cm³/mol. The van der Waals surface area contributed by atoms with E-state index in [9.17, 15) is 5.11 Å². The van der Waals surface area contributed by atoms with Crippen molar-refractivity contribution >= 4 is 11.0 Å². The monoisotopic (exact) mass is 871 g/mol. The third kappa shape index (κ3) is 8.61. The lowest BCUT2D eigenvalue weighted by Crippen LogP contribution is -2.03. The SMILES string of the molecule is [2H]C([2H])([2H])c1ccc(-c2ccnc(-c3cc(-c4ccccc4)cc(-c4cccc5c4nc(-c4cc(C(C)C)cc(C(C)C)c4O)n5-c4ccc(-c5cc(C(C)C)cc(C([2H])(C)C)c5)cc4C([2H])([2H])[2H])c3)c2)cc1. The summed E-state index contributed by atoms with van der Waals surface area (Å²) in [5.74, 6) is -0.115. The molecule has 0 unspecified atom stereocenters. The number of hydrogen-bond acceptors (Lipinski definition) is 3.